The third kappa shape index (κ3) is 3.25. The molecule has 0 aliphatic carbocycles. The van der Waals surface area contributed by atoms with Crippen molar-refractivity contribution in [3.63, 3.8) is 0 Å². The van der Waals surface area contributed by atoms with Gasteiger partial charge in [-0.05, 0) is 23.8 Å². The fourth-order valence-electron chi connectivity index (χ4n) is 2.76. The van der Waals surface area contributed by atoms with E-state index in [0.717, 1.165) is 5.56 Å². The fourth-order valence-corrected chi connectivity index (χ4v) is 2.76. The Labute approximate surface area is 133 Å². The summed E-state index contributed by atoms with van der Waals surface area (Å²) in [7, 11) is 0. The SMILES string of the molecule is N#CC(c1ccc(F)cc1)N1CCN(C(=O)c2ccoc2)CC1. The molecule has 1 aromatic carbocycles. The lowest BCUT2D eigenvalue weighted by Gasteiger charge is -2.36. The largest absolute Gasteiger partial charge is 0.472 e. The molecule has 1 aromatic heterocycles. The lowest BCUT2D eigenvalue weighted by atomic mass is 10.1. The summed E-state index contributed by atoms with van der Waals surface area (Å²) in [6.45, 7) is 2.28. The molecule has 1 atom stereocenters. The van der Waals surface area contributed by atoms with Crippen LogP contribution in [-0.4, -0.2) is 41.9 Å². The van der Waals surface area contributed by atoms with Crippen LogP contribution in [0, 0.1) is 17.1 Å². The highest BCUT2D eigenvalue weighted by atomic mass is 19.1. The highest BCUT2D eigenvalue weighted by molar-refractivity contribution is 5.93. The van der Waals surface area contributed by atoms with Gasteiger partial charge in [0.1, 0.15) is 18.1 Å². The van der Waals surface area contributed by atoms with Gasteiger partial charge in [-0.25, -0.2) is 4.39 Å². The zero-order chi connectivity index (χ0) is 16.2. The van der Waals surface area contributed by atoms with Crippen molar-refractivity contribution in [2.45, 2.75) is 6.04 Å². The first-order chi connectivity index (χ1) is 11.2. The van der Waals surface area contributed by atoms with E-state index < -0.39 is 6.04 Å². The Morgan fingerprint density at radius 3 is 2.43 bits per heavy atom. The Kier molecular flexibility index (Phi) is 4.40. The molecule has 1 saturated heterocycles. The van der Waals surface area contributed by atoms with E-state index >= 15 is 0 Å². The van der Waals surface area contributed by atoms with E-state index in [0.29, 0.717) is 31.7 Å². The van der Waals surface area contributed by atoms with E-state index in [-0.39, 0.29) is 11.7 Å². The number of furan rings is 1. The quantitative estimate of drug-likeness (QED) is 0.873. The van der Waals surface area contributed by atoms with Gasteiger partial charge in [0.2, 0.25) is 0 Å². The summed E-state index contributed by atoms with van der Waals surface area (Å²) in [4.78, 5) is 16.0. The van der Waals surface area contributed by atoms with Gasteiger partial charge < -0.3 is 9.32 Å². The van der Waals surface area contributed by atoms with Crippen LogP contribution in [0.3, 0.4) is 0 Å². The summed E-state index contributed by atoms with van der Waals surface area (Å²) in [5.74, 6) is -0.380. The second kappa shape index (κ2) is 6.63. The molecule has 1 aliphatic rings. The Bertz CT molecular complexity index is 698. The first-order valence-electron chi connectivity index (χ1n) is 7.39. The van der Waals surface area contributed by atoms with Gasteiger partial charge in [-0.3, -0.25) is 9.69 Å². The molecule has 0 saturated carbocycles. The molecule has 1 aliphatic heterocycles. The first kappa shape index (κ1) is 15.3. The molecule has 1 unspecified atom stereocenters. The van der Waals surface area contributed by atoms with Gasteiger partial charge in [0.25, 0.3) is 5.91 Å². The zero-order valence-corrected chi connectivity index (χ0v) is 12.5. The maximum Gasteiger partial charge on any atom is 0.257 e. The number of benzene rings is 1. The van der Waals surface area contributed by atoms with Gasteiger partial charge >= 0.3 is 0 Å². The highest BCUT2D eigenvalue weighted by Crippen LogP contribution is 2.22. The van der Waals surface area contributed by atoms with Crippen LogP contribution in [0.5, 0.6) is 0 Å². The van der Waals surface area contributed by atoms with Crippen LogP contribution in [-0.2, 0) is 0 Å². The third-order valence-electron chi connectivity index (χ3n) is 4.04. The van der Waals surface area contributed by atoms with Gasteiger partial charge in [0, 0.05) is 26.2 Å². The van der Waals surface area contributed by atoms with Crippen molar-refractivity contribution in [1.82, 2.24) is 9.80 Å². The Hall–Kier alpha value is -2.65. The summed E-state index contributed by atoms with van der Waals surface area (Å²) in [5.41, 5.74) is 1.30. The molecule has 1 fully saturated rings. The van der Waals surface area contributed by atoms with E-state index in [9.17, 15) is 14.4 Å². The maximum atomic E-state index is 13.0. The van der Waals surface area contributed by atoms with Gasteiger partial charge in [-0.1, -0.05) is 12.1 Å². The number of amides is 1. The van der Waals surface area contributed by atoms with Crippen LogP contribution in [0.2, 0.25) is 0 Å². The molecular weight excluding hydrogens is 297 g/mol. The molecule has 0 N–H and O–H groups in total. The standard InChI is InChI=1S/C17H16FN3O2/c18-15-3-1-13(2-4-15)16(11-19)20-6-8-21(9-7-20)17(22)14-5-10-23-12-14/h1-5,10,12,16H,6-9H2. The number of nitrogens with zero attached hydrogens (tertiary/aromatic N) is 3. The summed E-state index contributed by atoms with van der Waals surface area (Å²) >= 11 is 0. The van der Waals surface area contributed by atoms with Gasteiger partial charge in [-0.15, -0.1) is 0 Å². The first-order valence-corrected chi connectivity index (χ1v) is 7.39. The second-order valence-electron chi connectivity index (χ2n) is 5.42. The van der Waals surface area contributed by atoms with Crippen LogP contribution in [0.1, 0.15) is 22.0 Å². The molecular formula is C17H16FN3O2. The molecule has 0 radical (unpaired) electrons. The predicted octanol–water partition coefficient (Wildman–Crippen LogP) is 2.44. The van der Waals surface area contributed by atoms with Crippen LogP contribution in [0.25, 0.3) is 0 Å². The highest BCUT2D eigenvalue weighted by Gasteiger charge is 2.27. The van der Waals surface area contributed by atoms with Gasteiger partial charge in [0.15, 0.2) is 0 Å². The summed E-state index contributed by atoms with van der Waals surface area (Å²) in [6.07, 6.45) is 2.91. The lowest BCUT2D eigenvalue weighted by molar-refractivity contribution is 0.0605. The topological polar surface area (TPSA) is 60.5 Å². The lowest BCUT2D eigenvalue weighted by Crippen LogP contribution is -2.49. The molecule has 0 bridgehead atoms. The molecule has 2 heterocycles. The van der Waals surface area contributed by atoms with Crippen molar-refractivity contribution in [2.75, 3.05) is 26.2 Å². The number of carbonyl (C=O) groups is 1. The summed E-state index contributed by atoms with van der Waals surface area (Å²) in [6, 6.07) is 9.46. The van der Waals surface area contributed by atoms with Crippen molar-refractivity contribution < 1.29 is 13.6 Å². The smallest absolute Gasteiger partial charge is 0.257 e. The number of piperazine rings is 1. The number of hydrogen-bond donors (Lipinski definition) is 0. The van der Waals surface area contributed by atoms with Crippen molar-refractivity contribution >= 4 is 5.91 Å². The molecule has 2 aromatic rings. The Morgan fingerprint density at radius 2 is 1.87 bits per heavy atom. The minimum Gasteiger partial charge on any atom is -0.472 e. The van der Waals surface area contributed by atoms with Crippen molar-refractivity contribution in [2.24, 2.45) is 0 Å². The summed E-state index contributed by atoms with van der Waals surface area (Å²) < 4.78 is 18.0. The average molecular weight is 313 g/mol. The monoisotopic (exact) mass is 313 g/mol. The molecule has 23 heavy (non-hydrogen) atoms. The maximum absolute atomic E-state index is 13.0. The van der Waals surface area contributed by atoms with Crippen LogP contribution >= 0.6 is 0 Å². The minimum atomic E-state index is -0.429. The van der Waals surface area contributed by atoms with Crippen LogP contribution in [0.15, 0.2) is 47.3 Å². The van der Waals surface area contributed by atoms with Crippen LogP contribution in [0.4, 0.5) is 4.39 Å². The third-order valence-corrected chi connectivity index (χ3v) is 4.04. The predicted molar refractivity (Wildman–Crippen MR) is 80.9 cm³/mol. The van der Waals surface area contributed by atoms with Crippen molar-refractivity contribution in [3.8, 4) is 6.07 Å². The minimum absolute atomic E-state index is 0.0614. The van der Waals surface area contributed by atoms with E-state index in [1.165, 1.54) is 24.7 Å². The van der Waals surface area contributed by atoms with E-state index in [1.807, 2.05) is 4.90 Å². The number of carbonyl (C=O) groups excluding carboxylic acids is 1. The number of halogens is 1. The molecule has 1 amide bonds. The normalized spacial score (nSPS) is 16.8. The zero-order valence-electron chi connectivity index (χ0n) is 12.5. The Balaban J connectivity index is 1.64. The summed E-state index contributed by atoms with van der Waals surface area (Å²) in [5, 5.41) is 9.45. The van der Waals surface area contributed by atoms with E-state index in [4.69, 9.17) is 4.42 Å². The fraction of sp³-hybridized carbons (Fsp3) is 0.294. The molecule has 5 nitrogen and oxygen atoms in total. The van der Waals surface area contributed by atoms with E-state index in [2.05, 4.69) is 6.07 Å². The number of hydrogen-bond acceptors (Lipinski definition) is 4. The van der Waals surface area contributed by atoms with Crippen LogP contribution < -0.4 is 0 Å². The molecule has 3 rings (SSSR count). The van der Waals surface area contributed by atoms with Gasteiger partial charge in [0.05, 0.1) is 17.9 Å². The Morgan fingerprint density at radius 1 is 1.17 bits per heavy atom. The molecule has 6 heteroatoms. The molecule has 118 valence electrons. The van der Waals surface area contributed by atoms with Crippen molar-refractivity contribution in [1.29, 1.82) is 5.26 Å². The van der Waals surface area contributed by atoms with Crippen molar-refractivity contribution in [3.05, 3.63) is 59.8 Å². The second-order valence-corrected chi connectivity index (χ2v) is 5.42. The van der Waals surface area contributed by atoms with E-state index in [1.54, 1.807) is 23.1 Å². The number of nitriles is 1. The molecule has 0 spiro atoms. The van der Waals surface area contributed by atoms with Gasteiger partial charge in [-0.2, -0.15) is 5.26 Å². The number of rotatable bonds is 3. The average Bonchev–Trinajstić information content (AvgIpc) is 3.12.